The molecule has 3 aliphatic heterocycles. The number of nitriles is 1. The van der Waals surface area contributed by atoms with Crippen molar-refractivity contribution in [3.8, 4) is 22.9 Å². The van der Waals surface area contributed by atoms with Crippen molar-refractivity contribution in [2.45, 2.75) is 51.6 Å². The second-order valence-electron chi connectivity index (χ2n) is 16.0. The highest BCUT2D eigenvalue weighted by Gasteiger charge is 2.49. The zero-order valence-corrected chi connectivity index (χ0v) is 34.6. The number of alkyl halides is 3. The quantitative estimate of drug-likeness (QED) is 0.0835. The molecule has 63 heavy (non-hydrogen) atoms. The van der Waals surface area contributed by atoms with Crippen LogP contribution in [0.5, 0.6) is 5.75 Å². The van der Waals surface area contributed by atoms with Crippen LogP contribution in [0.15, 0.2) is 84.9 Å². The van der Waals surface area contributed by atoms with Crippen molar-refractivity contribution in [3.05, 3.63) is 113 Å². The third-order valence-corrected chi connectivity index (χ3v) is 11.0. The first-order chi connectivity index (χ1) is 30.1. The molecule has 0 spiro atoms. The van der Waals surface area contributed by atoms with Crippen molar-refractivity contribution in [2.24, 2.45) is 5.41 Å². The Morgan fingerprint density at radius 3 is 2.16 bits per heavy atom. The number of benzene rings is 4. The first kappa shape index (κ1) is 44.3. The Balaban J connectivity index is 0.794. The van der Waals surface area contributed by atoms with Gasteiger partial charge in [0, 0.05) is 49.4 Å². The summed E-state index contributed by atoms with van der Waals surface area (Å²) in [7, 11) is 0. The molecular formula is C46H45F3N6O8. The number of hydrogen-bond donors (Lipinski definition) is 3. The molecule has 5 amide bonds. The van der Waals surface area contributed by atoms with Crippen LogP contribution in [0, 0.1) is 16.7 Å². The average Bonchev–Trinajstić information content (AvgIpc) is 3.63. The van der Waals surface area contributed by atoms with Crippen LogP contribution >= 0.6 is 0 Å². The lowest BCUT2D eigenvalue weighted by atomic mass is 9.89. The first-order valence-corrected chi connectivity index (χ1v) is 20.4. The molecule has 0 saturated carbocycles. The van der Waals surface area contributed by atoms with Crippen LogP contribution in [0.3, 0.4) is 0 Å². The number of fused-ring (bicyclic) bond motifs is 1. The van der Waals surface area contributed by atoms with Crippen LogP contribution in [0.2, 0.25) is 0 Å². The van der Waals surface area contributed by atoms with E-state index >= 15 is 0 Å². The van der Waals surface area contributed by atoms with Gasteiger partial charge in [-0.05, 0) is 65.6 Å². The predicted molar refractivity (Wildman–Crippen MR) is 223 cm³/mol. The van der Waals surface area contributed by atoms with Crippen molar-refractivity contribution >= 4 is 40.9 Å². The first-order valence-electron chi connectivity index (χ1n) is 20.4. The molecule has 0 aliphatic carbocycles. The van der Waals surface area contributed by atoms with Gasteiger partial charge in [-0.2, -0.15) is 18.4 Å². The van der Waals surface area contributed by atoms with E-state index in [9.17, 15) is 37.1 Å². The number of likely N-dealkylation sites (tertiary alicyclic amines) is 1. The van der Waals surface area contributed by atoms with E-state index in [0.717, 1.165) is 39.4 Å². The van der Waals surface area contributed by atoms with Crippen molar-refractivity contribution in [1.82, 2.24) is 15.1 Å². The van der Waals surface area contributed by atoms with Crippen molar-refractivity contribution < 1.29 is 51.4 Å². The number of carbonyl (C=O) groups excluding carboxylic acids is 5. The lowest BCUT2D eigenvalue weighted by molar-refractivity contribution is -0.138. The molecule has 2 fully saturated rings. The second kappa shape index (κ2) is 18.7. The van der Waals surface area contributed by atoms with Gasteiger partial charge in [0.15, 0.2) is 6.10 Å². The van der Waals surface area contributed by atoms with Gasteiger partial charge >= 0.3 is 6.18 Å². The minimum absolute atomic E-state index is 0.0472. The summed E-state index contributed by atoms with van der Waals surface area (Å²) < 4.78 is 57.8. The molecule has 3 N–H and O–H groups in total. The molecule has 3 heterocycles. The van der Waals surface area contributed by atoms with Crippen LogP contribution in [-0.2, 0) is 36.6 Å². The molecule has 14 nitrogen and oxygen atoms in total. The minimum atomic E-state index is -4.74. The Morgan fingerprint density at radius 1 is 0.841 bits per heavy atom. The summed E-state index contributed by atoms with van der Waals surface area (Å²) in [6.45, 7) is 6.70. The van der Waals surface area contributed by atoms with Gasteiger partial charge < -0.3 is 29.7 Å². The Kier molecular flexibility index (Phi) is 13.1. The van der Waals surface area contributed by atoms with Gasteiger partial charge in [0.05, 0.1) is 54.8 Å². The molecule has 3 aliphatic rings. The van der Waals surface area contributed by atoms with Crippen molar-refractivity contribution in [1.29, 1.82) is 5.26 Å². The van der Waals surface area contributed by atoms with Crippen LogP contribution in [-0.4, -0.2) is 97.5 Å². The monoisotopic (exact) mass is 866 g/mol. The molecule has 0 radical (unpaired) electrons. The molecular weight excluding hydrogens is 822 g/mol. The normalized spacial score (nSPS) is 18.3. The number of hydrogen-bond acceptors (Lipinski definition) is 11. The van der Waals surface area contributed by atoms with Crippen molar-refractivity contribution in [3.63, 3.8) is 0 Å². The maximum Gasteiger partial charge on any atom is 0.417 e. The number of imide groups is 2. The van der Waals surface area contributed by atoms with E-state index < -0.39 is 58.5 Å². The summed E-state index contributed by atoms with van der Waals surface area (Å²) in [5.41, 5.74) is 2.31. The average molecular weight is 867 g/mol. The highest BCUT2D eigenvalue weighted by molar-refractivity contribution is 6.25. The molecule has 4 aromatic carbocycles. The predicted octanol–water partition coefficient (Wildman–Crippen LogP) is 6.02. The lowest BCUT2D eigenvalue weighted by Crippen LogP contribution is -2.54. The van der Waals surface area contributed by atoms with Crippen LogP contribution in [0.1, 0.15) is 64.1 Å². The highest BCUT2D eigenvalue weighted by Crippen LogP contribution is 2.39. The van der Waals surface area contributed by atoms with Gasteiger partial charge in [-0.1, -0.05) is 56.3 Å². The van der Waals surface area contributed by atoms with Crippen LogP contribution in [0.4, 0.5) is 24.5 Å². The maximum atomic E-state index is 13.5. The fraction of sp³-hybridized carbons (Fsp3) is 0.348. The van der Waals surface area contributed by atoms with E-state index in [2.05, 4.69) is 16.0 Å². The lowest BCUT2D eigenvalue weighted by Gasteiger charge is -2.27. The number of halogens is 3. The zero-order valence-electron chi connectivity index (χ0n) is 34.6. The summed E-state index contributed by atoms with van der Waals surface area (Å²) in [6.07, 6.45) is -5.61. The van der Waals surface area contributed by atoms with E-state index in [-0.39, 0.29) is 35.6 Å². The number of piperidine rings is 1. The number of ether oxygens (including phenoxy) is 3. The smallest absolute Gasteiger partial charge is 0.417 e. The third-order valence-electron chi connectivity index (χ3n) is 11.0. The molecule has 7 rings (SSSR count). The number of carbonyl (C=O) groups is 5. The number of amides is 5. The summed E-state index contributed by atoms with van der Waals surface area (Å²) in [6, 6.07) is 24.2. The van der Waals surface area contributed by atoms with Gasteiger partial charge in [-0.15, -0.1) is 0 Å². The SMILES string of the molecule is CC1(C)CN(Cc2ccc(-c3ccc(NCCOCCOCCNc4cccc5c4C(=O)N(C4CCC(=O)NC4=O)C5=O)cc3)cc2)C(=O)C1Oc1ccc(C#N)c(C(F)(F)F)c1. The topological polar surface area (TPSA) is 179 Å². The number of nitrogens with one attached hydrogen (secondary N) is 3. The Bertz CT molecular complexity index is 2430. The van der Waals surface area contributed by atoms with E-state index in [1.807, 2.05) is 62.4 Å². The molecule has 2 unspecified atom stereocenters. The minimum Gasteiger partial charge on any atom is -0.480 e. The largest absolute Gasteiger partial charge is 0.480 e. The zero-order chi connectivity index (χ0) is 44.9. The van der Waals surface area contributed by atoms with Crippen molar-refractivity contribution in [2.75, 3.05) is 56.7 Å². The Morgan fingerprint density at radius 2 is 1.51 bits per heavy atom. The summed E-state index contributed by atoms with van der Waals surface area (Å²) in [5.74, 6) is -2.69. The van der Waals surface area contributed by atoms with Gasteiger partial charge in [-0.3, -0.25) is 34.2 Å². The molecule has 2 atom stereocenters. The van der Waals surface area contributed by atoms with Gasteiger partial charge in [0.2, 0.25) is 11.8 Å². The second-order valence-corrected chi connectivity index (χ2v) is 16.0. The van der Waals surface area contributed by atoms with E-state index in [1.165, 1.54) is 6.07 Å². The number of rotatable bonds is 17. The van der Waals surface area contributed by atoms with Gasteiger partial charge in [0.1, 0.15) is 11.8 Å². The molecule has 328 valence electrons. The summed E-state index contributed by atoms with van der Waals surface area (Å²) in [4.78, 5) is 66.2. The fourth-order valence-electron chi connectivity index (χ4n) is 7.87. The Hall–Kier alpha value is -6.77. The third kappa shape index (κ3) is 9.98. The van der Waals surface area contributed by atoms with Gasteiger partial charge in [0.25, 0.3) is 17.7 Å². The number of nitrogens with zero attached hydrogens (tertiary/aromatic N) is 3. The van der Waals surface area contributed by atoms with E-state index in [1.54, 1.807) is 29.2 Å². The molecule has 2 saturated heterocycles. The molecule has 17 heteroatoms. The van der Waals surface area contributed by atoms with E-state index in [4.69, 9.17) is 19.5 Å². The molecule has 0 bridgehead atoms. The number of anilines is 2. The standard InChI is InChI=1S/C46H45F3N6O8/c1-45(2)27-54(44(60)40(45)63-33-15-12-31(25-50)35(24-33)46(47,48)49)26-28-6-8-29(9-7-28)30-10-13-32(14-11-30)51-18-20-61-22-23-62-21-19-52-36-5-3-4-34-39(36)43(59)55(42(34)58)37-16-17-38(56)53-41(37)57/h3-15,24,37,40,51-52H,16-23,26-27H2,1-2H3,(H,53,56,57). The Labute approximate surface area is 361 Å². The van der Waals surface area contributed by atoms with Crippen LogP contribution in [0.25, 0.3) is 11.1 Å². The molecule has 0 aromatic heterocycles. The van der Waals surface area contributed by atoms with Gasteiger partial charge in [-0.25, -0.2) is 0 Å². The van der Waals surface area contributed by atoms with Crippen LogP contribution < -0.4 is 20.7 Å². The molecule has 4 aromatic rings. The van der Waals surface area contributed by atoms with E-state index in [0.29, 0.717) is 58.3 Å². The fourth-order valence-corrected chi connectivity index (χ4v) is 7.87. The summed E-state index contributed by atoms with van der Waals surface area (Å²) in [5, 5.41) is 17.8. The summed E-state index contributed by atoms with van der Waals surface area (Å²) >= 11 is 0. The highest BCUT2D eigenvalue weighted by atomic mass is 19.4. The maximum absolute atomic E-state index is 13.5.